The standard InChI is InChI=1S/C11H16F6O2/c1-18-8-6-4-3-5-7(8)9(19-2,10(12,13)14)11(15,16)17/h7-8H,3-6H2,1-2H3. The highest BCUT2D eigenvalue weighted by Crippen LogP contribution is 2.54. The Hall–Kier alpha value is -0.500. The van der Waals surface area contributed by atoms with Gasteiger partial charge in [-0.3, -0.25) is 0 Å². The molecule has 1 saturated carbocycles. The summed E-state index contributed by atoms with van der Waals surface area (Å²) in [4.78, 5) is 0. The topological polar surface area (TPSA) is 18.5 Å². The van der Waals surface area contributed by atoms with Gasteiger partial charge in [-0.05, 0) is 12.8 Å². The smallest absolute Gasteiger partial charge is 0.381 e. The van der Waals surface area contributed by atoms with Crippen molar-refractivity contribution >= 4 is 0 Å². The molecule has 0 aromatic heterocycles. The molecule has 0 bridgehead atoms. The van der Waals surface area contributed by atoms with Gasteiger partial charge in [-0.15, -0.1) is 0 Å². The second kappa shape index (κ2) is 5.47. The van der Waals surface area contributed by atoms with E-state index in [1.807, 2.05) is 0 Å². The maximum Gasteiger partial charge on any atom is 0.426 e. The molecule has 0 spiro atoms. The van der Waals surface area contributed by atoms with Crippen LogP contribution in [0.4, 0.5) is 26.3 Å². The Morgan fingerprint density at radius 3 is 1.68 bits per heavy atom. The molecule has 1 aliphatic rings. The fraction of sp³-hybridized carbons (Fsp3) is 1.00. The quantitative estimate of drug-likeness (QED) is 0.739. The molecule has 0 heterocycles. The highest BCUT2D eigenvalue weighted by atomic mass is 19.4. The van der Waals surface area contributed by atoms with Crippen LogP contribution in [-0.2, 0) is 9.47 Å². The van der Waals surface area contributed by atoms with Crippen LogP contribution in [-0.4, -0.2) is 38.3 Å². The Balaban J connectivity index is 3.29. The third kappa shape index (κ3) is 2.69. The minimum atomic E-state index is -5.54. The van der Waals surface area contributed by atoms with Crippen molar-refractivity contribution in [3.8, 4) is 0 Å². The van der Waals surface area contributed by atoms with Gasteiger partial charge < -0.3 is 9.47 Å². The second-order valence-corrected chi connectivity index (χ2v) is 4.60. The number of hydrogen-bond acceptors (Lipinski definition) is 2. The Labute approximate surface area is 107 Å². The SMILES string of the molecule is COC1CCCCC1C(OC)(C(F)(F)F)C(F)(F)F. The minimum absolute atomic E-state index is 0.165. The van der Waals surface area contributed by atoms with Gasteiger partial charge in [0.25, 0.3) is 5.60 Å². The molecule has 1 fully saturated rings. The molecule has 114 valence electrons. The Morgan fingerprint density at radius 1 is 0.842 bits per heavy atom. The second-order valence-electron chi connectivity index (χ2n) is 4.60. The van der Waals surface area contributed by atoms with E-state index < -0.39 is 30.0 Å². The van der Waals surface area contributed by atoms with Crippen molar-refractivity contribution in [2.24, 2.45) is 5.92 Å². The van der Waals surface area contributed by atoms with Crippen LogP contribution in [0.2, 0.25) is 0 Å². The predicted octanol–water partition coefficient (Wildman–Crippen LogP) is 3.70. The van der Waals surface area contributed by atoms with E-state index in [1.54, 1.807) is 0 Å². The van der Waals surface area contributed by atoms with Gasteiger partial charge >= 0.3 is 12.4 Å². The molecule has 2 unspecified atom stereocenters. The molecule has 0 radical (unpaired) electrons. The lowest BCUT2D eigenvalue weighted by Crippen LogP contribution is -2.65. The average molecular weight is 294 g/mol. The lowest BCUT2D eigenvalue weighted by Gasteiger charge is -2.46. The molecule has 0 aromatic rings. The van der Waals surface area contributed by atoms with Gasteiger partial charge in [0.2, 0.25) is 0 Å². The van der Waals surface area contributed by atoms with Crippen LogP contribution < -0.4 is 0 Å². The number of alkyl halides is 6. The van der Waals surface area contributed by atoms with Crippen molar-refractivity contribution in [2.75, 3.05) is 14.2 Å². The summed E-state index contributed by atoms with van der Waals surface area (Å²) in [6.07, 6.45) is -11.4. The summed E-state index contributed by atoms with van der Waals surface area (Å²) in [5.41, 5.74) is -4.17. The summed E-state index contributed by atoms with van der Waals surface area (Å²) >= 11 is 0. The highest BCUT2D eigenvalue weighted by molar-refractivity contribution is 5.04. The third-order valence-electron chi connectivity index (χ3n) is 3.69. The van der Waals surface area contributed by atoms with E-state index in [2.05, 4.69) is 4.74 Å². The van der Waals surface area contributed by atoms with Crippen molar-refractivity contribution in [3.05, 3.63) is 0 Å². The van der Waals surface area contributed by atoms with Gasteiger partial charge in [0.15, 0.2) is 0 Å². The van der Waals surface area contributed by atoms with Gasteiger partial charge in [0, 0.05) is 20.1 Å². The van der Waals surface area contributed by atoms with Crippen LogP contribution in [0.5, 0.6) is 0 Å². The highest BCUT2D eigenvalue weighted by Gasteiger charge is 2.76. The molecule has 0 aromatic carbocycles. The Bertz CT molecular complexity index is 285. The molecule has 2 nitrogen and oxygen atoms in total. The molecule has 19 heavy (non-hydrogen) atoms. The van der Waals surface area contributed by atoms with Crippen LogP contribution in [0.3, 0.4) is 0 Å². The lowest BCUT2D eigenvalue weighted by atomic mass is 9.73. The zero-order chi connectivity index (χ0) is 14.9. The van der Waals surface area contributed by atoms with E-state index in [-0.39, 0.29) is 12.8 Å². The molecule has 0 amide bonds. The number of halogens is 6. The Kier molecular flexibility index (Phi) is 4.77. The maximum atomic E-state index is 13.1. The molecule has 8 heteroatoms. The summed E-state index contributed by atoms with van der Waals surface area (Å²) in [6.45, 7) is 0. The fourth-order valence-electron chi connectivity index (χ4n) is 2.81. The van der Waals surface area contributed by atoms with Gasteiger partial charge in [-0.25, -0.2) is 0 Å². The monoisotopic (exact) mass is 294 g/mol. The molecular weight excluding hydrogens is 278 g/mol. The molecule has 2 atom stereocenters. The largest absolute Gasteiger partial charge is 0.426 e. The van der Waals surface area contributed by atoms with Crippen LogP contribution in [0.25, 0.3) is 0 Å². The molecule has 0 N–H and O–H groups in total. The van der Waals surface area contributed by atoms with Gasteiger partial charge in [0.05, 0.1) is 6.10 Å². The lowest BCUT2D eigenvalue weighted by molar-refractivity contribution is -0.400. The van der Waals surface area contributed by atoms with Crippen molar-refractivity contribution in [1.82, 2.24) is 0 Å². The number of methoxy groups -OCH3 is 2. The molecule has 1 rings (SSSR count). The summed E-state index contributed by atoms with van der Waals surface area (Å²) < 4.78 is 87.2. The van der Waals surface area contributed by atoms with E-state index in [0.717, 1.165) is 7.11 Å². The molecule has 1 aliphatic carbocycles. The van der Waals surface area contributed by atoms with Crippen molar-refractivity contribution in [1.29, 1.82) is 0 Å². The van der Waals surface area contributed by atoms with Gasteiger partial charge in [-0.2, -0.15) is 26.3 Å². The molecule has 0 saturated heterocycles. The number of ether oxygens (including phenoxy) is 2. The summed E-state index contributed by atoms with van der Waals surface area (Å²) in [7, 11) is 1.57. The van der Waals surface area contributed by atoms with E-state index in [1.165, 1.54) is 0 Å². The van der Waals surface area contributed by atoms with Crippen molar-refractivity contribution < 1.29 is 35.8 Å². The zero-order valence-corrected chi connectivity index (χ0v) is 10.6. The average Bonchev–Trinajstić information content (AvgIpc) is 2.27. The van der Waals surface area contributed by atoms with E-state index in [0.29, 0.717) is 20.0 Å². The summed E-state index contributed by atoms with van der Waals surface area (Å²) in [5.74, 6) is -1.78. The summed E-state index contributed by atoms with van der Waals surface area (Å²) in [5, 5.41) is 0. The first-order valence-electron chi connectivity index (χ1n) is 5.83. The third-order valence-corrected chi connectivity index (χ3v) is 3.69. The van der Waals surface area contributed by atoms with E-state index in [4.69, 9.17) is 4.74 Å². The normalized spacial score (nSPS) is 26.5. The fourth-order valence-corrected chi connectivity index (χ4v) is 2.81. The van der Waals surface area contributed by atoms with Gasteiger partial charge in [-0.1, -0.05) is 12.8 Å². The van der Waals surface area contributed by atoms with Crippen LogP contribution >= 0.6 is 0 Å². The van der Waals surface area contributed by atoms with Gasteiger partial charge in [0.1, 0.15) is 0 Å². The zero-order valence-electron chi connectivity index (χ0n) is 10.6. The minimum Gasteiger partial charge on any atom is -0.381 e. The first kappa shape index (κ1) is 16.6. The van der Waals surface area contributed by atoms with E-state index in [9.17, 15) is 26.3 Å². The first-order chi connectivity index (χ1) is 8.61. The molecule has 0 aliphatic heterocycles. The maximum absolute atomic E-state index is 13.1. The number of hydrogen-bond donors (Lipinski definition) is 0. The van der Waals surface area contributed by atoms with Crippen molar-refractivity contribution in [2.45, 2.75) is 49.7 Å². The molecular formula is C11H16F6O2. The van der Waals surface area contributed by atoms with Crippen molar-refractivity contribution in [3.63, 3.8) is 0 Å². The summed E-state index contributed by atoms with van der Waals surface area (Å²) in [6, 6.07) is 0. The van der Waals surface area contributed by atoms with Crippen LogP contribution in [0.15, 0.2) is 0 Å². The van der Waals surface area contributed by atoms with Crippen LogP contribution in [0, 0.1) is 5.92 Å². The predicted molar refractivity (Wildman–Crippen MR) is 54.6 cm³/mol. The van der Waals surface area contributed by atoms with E-state index >= 15 is 0 Å². The Morgan fingerprint density at radius 2 is 1.32 bits per heavy atom. The first-order valence-corrected chi connectivity index (χ1v) is 5.83. The van der Waals surface area contributed by atoms with Crippen LogP contribution in [0.1, 0.15) is 25.7 Å². The number of rotatable bonds is 3.